The number of anilines is 1. The summed E-state index contributed by atoms with van der Waals surface area (Å²) in [7, 11) is 0. The third-order valence-electron chi connectivity index (χ3n) is 1.53. The van der Waals surface area contributed by atoms with E-state index in [0.717, 1.165) is 0 Å². The quantitative estimate of drug-likeness (QED) is 0.764. The highest BCUT2D eigenvalue weighted by molar-refractivity contribution is 8.00. The Balaban J connectivity index is 2.30. The predicted octanol–water partition coefficient (Wildman–Crippen LogP) is 0.431. The van der Waals surface area contributed by atoms with Crippen LogP contribution in [0.2, 0.25) is 0 Å². The number of carbonyl (C=O) groups is 1. The van der Waals surface area contributed by atoms with Crippen molar-refractivity contribution < 1.29 is 14.3 Å². The Hall–Kier alpha value is -1.08. The Morgan fingerprint density at radius 1 is 1.67 bits per heavy atom. The van der Waals surface area contributed by atoms with Gasteiger partial charge in [0.15, 0.2) is 0 Å². The molecular formula is C8H13N3O3S. The largest absolute Gasteiger partial charge is 0.408 e. The Morgan fingerprint density at radius 3 is 2.93 bits per heavy atom. The fourth-order valence-electron chi connectivity index (χ4n) is 0.773. The Kier molecular flexibility index (Phi) is 4.57. The average molecular weight is 231 g/mol. The Labute approximate surface area is 91.5 Å². The highest BCUT2D eigenvalue weighted by atomic mass is 32.2. The molecular weight excluding hydrogens is 218 g/mol. The molecule has 1 rings (SSSR count). The molecule has 1 atom stereocenters. The summed E-state index contributed by atoms with van der Waals surface area (Å²) in [4.78, 5) is 11.3. The van der Waals surface area contributed by atoms with Gasteiger partial charge in [0, 0.05) is 12.2 Å². The van der Waals surface area contributed by atoms with Crippen LogP contribution in [0.15, 0.2) is 4.42 Å². The summed E-state index contributed by atoms with van der Waals surface area (Å²) in [5, 5.41) is 18.4. The highest BCUT2D eigenvalue weighted by Crippen LogP contribution is 2.10. The van der Waals surface area contributed by atoms with Crippen LogP contribution in [0.5, 0.6) is 0 Å². The fourth-order valence-corrected chi connectivity index (χ4v) is 1.39. The van der Waals surface area contributed by atoms with Crippen LogP contribution in [0.4, 0.5) is 6.01 Å². The van der Waals surface area contributed by atoms with Crippen molar-refractivity contribution in [3.63, 3.8) is 0 Å². The van der Waals surface area contributed by atoms with E-state index in [1.165, 1.54) is 11.8 Å². The van der Waals surface area contributed by atoms with Gasteiger partial charge in [-0.3, -0.25) is 10.1 Å². The molecule has 15 heavy (non-hydrogen) atoms. The van der Waals surface area contributed by atoms with Crippen LogP contribution in [-0.4, -0.2) is 38.8 Å². The van der Waals surface area contributed by atoms with Crippen molar-refractivity contribution >= 4 is 23.7 Å². The molecule has 1 aromatic heterocycles. The fraction of sp³-hybridized carbons (Fsp3) is 0.625. The monoisotopic (exact) mass is 231 g/mol. The van der Waals surface area contributed by atoms with Crippen molar-refractivity contribution in [2.24, 2.45) is 0 Å². The Morgan fingerprint density at radius 2 is 2.40 bits per heavy atom. The molecule has 0 fully saturated rings. The molecule has 0 saturated heterocycles. The SMILES string of the molecule is Cc1nnc(NC(=O)CSC(C)CO)o1. The third-order valence-corrected chi connectivity index (χ3v) is 2.68. The molecule has 1 unspecified atom stereocenters. The first-order valence-electron chi connectivity index (χ1n) is 4.44. The second-order valence-corrected chi connectivity index (χ2v) is 4.41. The molecule has 0 aliphatic rings. The van der Waals surface area contributed by atoms with Crippen molar-refractivity contribution in [2.75, 3.05) is 17.7 Å². The minimum atomic E-state index is -0.219. The van der Waals surface area contributed by atoms with Crippen molar-refractivity contribution in [1.29, 1.82) is 0 Å². The van der Waals surface area contributed by atoms with Crippen molar-refractivity contribution in [2.45, 2.75) is 19.1 Å². The molecule has 0 aromatic carbocycles. The standard InChI is InChI=1S/C8H13N3O3S/c1-5(3-12)15-4-7(13)9-8-11-10-6(2)14-8/h5,12H,3-4H2,1-2H3,(H,9,11,13). The van der Waals surface area contributed by atoms with Gasteiger partial charge in [-0.15, -0.1) is 16.9 Å². The molecule has 0 saturated carbocycles. The molecule has 1 aromatic rings. The summed E-state index contributed by atoms with van der Waals surface area (Å²) >= 11 is 1.36. The first kappa shape index (κ1) is 12.0. The summed E-state index contributed by atoms with van der Waals surface area (Å²) < 4.78 is 4.97. The summed E-state index contributed by atoms with van der Waals surface area (Å²) in [6.45, 7) is 3.54. The van der Waals surface area contributed by atoms with E-state index in [4.69, 9.17) is 9.52 Å². The zero-order chi connectivity index (χ0) is 11.3. The van der Waals surface area contributed by atoms with E-state index < -0.39 is 0 Å². The molecule has 1 amide bonds. The van der Waals surface area contributed by atoms with Gasteiger partial charge in [0.05, 0.1) is 12.4 Å². The van der Waals surface area contributed by atoms with E-state index in [0.29, 0.717) is 5.89 Å². The molecule has 84 valence electrons. The van der Waals surface area contributed by atoms with Crippen LogP contribution in [0.3, 0.4) is 0 Å². The van der Waals surface area contributed by atoms with Crippen LogP contribution in [0, 0.1) is 6.92 Å². The maximum absolute atomic E-state index is 11.3. The molecule has 2 N–H and O–H groups in total. The van der Waals surface area contributed by atoms with Gasteiger partial charge in [-0.05, 0) is 0 Å². The smallest absolute Gasteiger partial charge is 0.322 e. The number of hydrogen-bond acceptors (Lipinski definition) is 6. The van der Waals surface area contributed by atoms with Crippen LogP contribution in [-0.2, 0) is 4.79 Å². The summed E-state index contributed by atoms with van der Waals surface area (Å²) in [6, 6.07) is 0.106. The predicted molar refractivity (Wildman–Crippen MR) is 56.7 cm³/mol. The summed E-state index contributed by atoms with van der Waals surface area (Å²) in [5.74, 6) is 0.439. The second-order valence-electron chi connectivity index (χ2n) is 2.98. The van der Waals surface area contributed by atoms with E-state index in [1.54, 1.807) is 6.92 Å². The van der Waals surface area contributed by atoms with Crippen molar-refractivity contribution in [3.05, 3.63) is 5.89 Å². The topological polar surface area (TPSA) is 88.2 Å². The van der Waals surface area contributed by atoms with Crippen molar-refractivity contribution in [3.8, 4) is 0 Å². The van der Waals surface area contributed by atoms with Gasteiger partial charge in [0.25, 0.3) is 0 Å². The summed E-state index contributed by atoms with van der Waals surface area (Å²) in [6.07, 6.45) is 0. The molecule has 6 nitrogen and oxygen atoms in total. The molecule has 0 radical (unpaired) electrons. The number of aliphatic hydroxyl groups is 1. The van der Waals surface area contributed by atoms with E-state index >= 15 is 0 Å². The van der Waals surface area contributed by atoms with Gasteiger partial charge in [-0.25, -0.2) is 0 Å². The molecule has 0 aliphatic heterocycles. The highest BCUT2D eigenvalue weighted by Gasteiger charge is 2.09. The first-order valence-corrected chi connectivity index (χ1v) is 5.49. The zero-order valence-electron chi connectivity index (χ0n) is 8.56. The number of hydrogen-bond donors (Lipinski definition) is 2. The van der Waals surface area contributed by atoms with Gasteiger partial charge in [0.2, 0.25) is 11.8 Å². The lowest BCUT2D eigenvalue weighted by Crippen LogP contribution is -2.17. The summed E-state index contributed by atoms with van der Waals surface area (Å²) in [5.41, 5.74) is 0. The number of thioether (sulfide) groups is 1. The molecule has 0 spiro atoms. The number of amides is 1. The number of nitrogens with zero attached hydrogens (tertiary/aromatic N) is 2. The molecule has 0 bridgehead atoms. The number of rotatable bonds is 5. The number of nitrogens with one attached hydrogen (secondary N) is 1. The minimum Gasteiger partial charge on any atom is -0.408 e. The number of aliphatic hydroxyl groups excluding tert-OH is 1. The average Bonchev–Trinajstić information content (AvgIpc) is 2.60. The van der Waals surface area contributed by atoms with Crippen LogP contribution >= 0.6 is 11.8 Å². The van der Waals surface area contributed by atoms with Gasteiger partial charge < -0.3 is 9.52 Å². The van der Waals surface area contributed by atoms with E-state index in [1.807, 2.05) is 6.92 Å². The Bertz CT molecular complexity index is 329. The van der Waals surface area contributed by atoms with Crippen molar-refractivity contribution in [1.82, 2.24) is 10.2 Å². The molecule has 1 heterocycles. The normalized spacial score (nSPS) is 12.5. The number of aryl methyl sites for hydroxylation is 1. The second kappa shape index (κ2) is 5.72. The van der Waals surface area contributed by atoms with Gasteiger partial charge in [0.1, 0.15) is 0 Å². The lowest BCUT2D eigenvalue weighted by atomic mass is 10.5. The molecule has 7 heteroatoms. The zero-order valence-corrected chi connectivity index (χ0v) is 9.37. The third kappa shape index (κ3) is 4.30. The lowest BCUT2D eigenvalue weighted by molar-refractivity contribution is -0.113. The maximum Gasteiger partial charge on any atom is 0.322 e. The minimum absolute atomic E-state index is 0.0418. The first-order chi connectivity index (χ1) is 7.11. The van der Waals surface area contributed by atoms with E-state index in [9.17, 15) is 4.79 Å². The van der Waals surface area contributed by atoms with E-state index in [2.05, 4.69) is 15.5 Å². The van der Waals surface area contributed by atoms with Crippen LogP contribution < -0.4 is 5.32 Å². The number of carbonyl (C=O) groups excluding carboxylic acids is 1. The number of aromatic nitrogens is 2. The maximum atomic E-state index is 11.3. The van der Waals surface area contributed by atoms with Gasteiger partial charge in [-0.2, -0.15) is 0 Å². The van der Waals surface area contributed by atoms with Gasteiger partial charge >= 0.3 is 6.01 Å². The van der Waals surface area contributed by atoms with Crippen LogP contribution in [0.1, 0.15) is 12.8 Å². The molecule has 0 aliphatic carbocycles. The lowest BCUT2D eigenvalue weighted by Gasteiger charge is -2.05. The van der Waals surface area contributed by atoms with Crippen LogP contribution in [0.25, 0.3) is 0 Å². The van der Waals surface area contributed by atoms with Gasteiger partial charge in [-0.1, -0.05) is 12.0 Å². The van der Waals surface area contributed by atoms with E-state index in [-0.39, 0.29) is 29.5 Å².